The molecule has 1 aromatic rings. The molecule has 0 spiro atoms. The van der Waals surface area contributed by atoms with Gasteiger partial charge >= 0.3 is 0 Å². The molecule has 2 aliphatic heterocycles. The fourth-order valence-corrected chi connectivity index (χ4v) is 6.26. The molecular weight excluding hydrogens is 430 g/mol. The lowest BCUT2D eigenvalue weighted by atomic mass is 9.85. The van der Waals surface area contributed by atoms with Crippen molar-refractivity contribution in [2.75, 3.05) is 25.0 Å². The Morgan fingerprint density at radius 2 is 1.59 bits per heavy atom. The lowest BCUT2D eigenvalue weighted by molar-refractivity contribution is -0.140. The summed E-state index contributed by atoms with van der Waals surface area (Å²) in [5.41, 5.74) is 0.378. The van der Waals surface area contributed by atoms with Gasteiger partial charge in [0.05, 0.1) is 16.7 Å². The third-order valence-corrected chi connectivity index (χ3v) is 8.38. The molecule has 8 nitrogen and oxygen atoms in total. The van der Waals surface area contributed by atoms with Crippen molar-refractivity contribution >= 4 is 33.4 Å². The first-order chi connectivity index (χ1) is 15.4. The smallest absolute Gasteiger partial charge is 0.243 e. The molecule has 32 heavy (non-hydrogen) atoms. The molecule has 2 atom stereocenters. The molecule has 9 heteroatoms. The number of carbonyl (C=O) groups is 3. The standard InChI is InChI=1S/C23H29N3O5S/c27-21(12-15-26-22(28)19-10-3-4-11-20(19)23(26)29)24-17-8-7-9-18(16-17)32(30,31)25-13-5-1-2-6-14-25/h3-4,7-9,16,19-20H,1-2,5-6,10-15H2,(H,24,27)/t19-,20+. The van der Waals surface area contributed by atoms with E-state index in [1.807, 2.05) is 12.2 Å². The zero-order valence-corrected chi connectivity index (χ0v) is 18.9. The second-order valence-corrected chi connectivity index (χ2v) is 10.6. The summed E-state index contributed by atoms with van der Waals surface area (Å²) in [6, 6.07) is 6.23. The average molecular weight is 460 g/mol. The Balaban J connectivity index is 1.37. The molecule has 2 heterocycles. The fourth-order valence-electron chi connectivity index (χ4n) is 4.69. The Kier molecular flexibility index (Phi) is 6.76. The number of benzene rings is 1. The van der Waals surface area contributed by atoms with Crippen LogP contribution < -0.4 is 5.32 Å². The Bertz CT molecular complexity index is 1000. The van der Waals surface area contributed by atoms with Gasteiger partial charge in [0.1, 0.15) is 0 Å². The van der Waals surface area contributed by atoms with Gasteiger partial charge in [-0.05, 0) is 43.9 Å². The molecule has 0 radical (unpaired) electrons. The van der Waals surface area contributed by atoms with Gasteiger partial charge in [-0.15, -0.1) is 0 Å². The van der Waals surface area contributed by atoms with Crippen molar-refractivity contribution in [3.05, 3.63) is 36.4 Å². The number of amides is 3. The molecule has 4 rings (SSSR count). The number of hydrogen-bond donors (Lipinski definition) is 1. The van der Waals surface area contributed by atoms with Gasteiger partial charge in [-0.25, -0.2) is 8.42 Å². The minimum absolute atomic E-state index is 0.0300. The first kappa shape index (κ1) is 22.7. The molecule has 2 fully saturated rings. The van der Waals surface area contributed by atoms with Crippen molar-refractivity contribution in [3.63, 3.8) is 0 Å². The lowest BCUT2D eigenvalue weighted by Crippen LogP contribution is -2.34. The minimum Gasteiger partial charge on any atom is -0.326 e. The molecule has 0 saturated carbocycles. The van der Waals surface area contributed by atoms with Gasteiger partial charge < -0.3 is 5.32 Å². The highest BCUT2D eigenvalue weighted by Gasteiger charge is 2.46. The molecule has 0 aromatic heterocycles. The van der Waals surface area contributed by atoms with E-state index in [0.29, 0.717) is 31.6 Å². The maximum absolute atomic E-state index is 13.0. The number of carbonyl (C=O) groups excluding carboxylic acids is 3. The summed E-state index contributed by atoms with van der Waals surface area (Å²) in [6.07, 6.45) is 8.71. The second kappa shape index (κ2) is 9.54. The van der Waals surface area contributed by atoms with Crippen molar-refractivity contribution in [1.82, 2.24) is 9.21 Å². The van der Waals surface area contributed by atoms with Crippen LogP contribution >= 0.6 is 0 Å². The third-order valence-electron chi connectivity index (χ3n) is 6.48. The summed E-state index contributed by atoms with van der Waals surface area (Å²) >= 11 is 0. The number of nitrogens with zero attached hydrogens (tertiary/aromatic N) is 2. The maximum atomic E-state index is 13.0. The van der Waals surface area contributed by atoms with E-state index < -0.39 is 10.0 Å². The average Bonchev–Trinajstić information content (AvgIpc) is 2.98. The van der Waals surface area contributed by atoms with Crippen molar-refractivity contribution in [3.8, 4) is 0 Å². The topological polar surface area (TPSA) is 104 Å². The fraction of sp³-hybridized carbons (Fsp3) is 0.522. The highest BCUT2D eigenvalue weighted by molar-refractivity contribution is 7.89. The van der Waals surface area contributed by atoms with Crippen LogP contribution in [0.2, 0.25) is 0 Å². The van der Waals surface area contributed by atoms with E-state index in [1.54, 1.807) is 12.1 Å². The van der Waals surface area contributed by atoms with Gasteiger partial charge in [-0.2, -0.15) is 4.31 Å². The number of allylic oxidation sites excluding steroid dienone is 2. The molecule has 1 aromatic carbocycles. The normalized spacial score (nSPS) is 24.3. The Morgan fingerprint density at radius 3 is 2.22 bits per heavy atom. The first-order valence-corrected chi connectivity index (χ1v) is 12.7. The van der Waals surface area contributed by atoms with E-state index in [-0.39, 0.29) is 47.4 Å². The van der Waals surface area contributed by atoms with Gasteiger partial charge in [-0.3, -0.25) is 19.3 Å². The molecule has 0 unspecified atom stereocenters. The zero-order chi connectivity index (χ0) is 22.7. The summed E-state index contributed by atoms with van der Waals surface area (Å²) in [5.74, 6) is -1.40. The van der Waals surface area contributed by atoms with E-state index in [2.05, 4.69) is 5.32 Å². The molecule has 3 amide bonds. The Labute approximate surface area is 188 Å². The molecule has 3 aliphatic rings. The van der Waals surface area contributed by atoms with E-state index >= 15 is 0 Å². The number of likely N-dealkylation sites (tertiary alicyclic amines) is 1. The van der Waals surface area contributed by atoms with Crippen molar-refractivity contribution in [2.45, 2.75) is 49.8 Å². The number of fused-ring (bicyclic) bond motifs is 1. The van der Waals surface area contributed by atoms with Crippen molar-refractivity contribution in [2.24, 2.45) is 11.8 Å². The lowest BCUT2D eigenvalue weighted by Gasteiger charge is -2.20. The van der Waals surface area contributed by atoms with Crippen molar-refractivity contribution in [1.29, 1.82) is 0 Å². The highest BCUT2D eigenvalue weighted by Crippen LogP contribution is 2.35. The van der Waals surface area contributed by atoms with Crippen LogP contribution in [0, 0.1) is 11.8 Å². The molecule has 172 valence electrons. The van der Waals surface area contributed by atoms with Gasteiger partial charge in [0.25, 0.3) is 0 Å². The van der Waals surface area contributed by atoms with Crippen molar-refractivity contribution < 1.29 is 22.8 Å². The third kappa shape index (κ3) is 4.63. The van der Waals surface area contributed by atoms with E-state index in [4.69, 9.17) is 0 Å². The van der Waals surface area contributed by atoms with Crippen LogP contribution in [0.1, 0.15) is 44.9 Å². The number of nitrogens with one attached hydrogen (secondary N) is 1. The Hall–Kier alpha value is -2.52. The first-order valence-electron chi connectivity index (χ1n) is 11.3. The summed E-state index contributed by atoms with van der Waals surface area (Å²) in [4.78, 5) is 38.9. The van der Waals surface area contributed by atoms with Gasteiger partial charge in [0.2, 0.25) is 27.7 Å². The van der Waals surface area contributed by atoms with E-state index in [0.717, 1.165) is 25.7 Å². The quantitative estimate of drug-likeness (QED) is 0.520. The number of anilines is 1. The largest absolute Gasteiger partial charge is 0.326 e. The monoisotopic (exact) mass is 459 g/mol. The number of rotatable bonds is 6. The van der Waals surface area contributed by atoms with E-state index in [1.165, 1.54) is 21.3 Å². The predicted molar refractivity (Wildman–Crippen MR) is 119 cm³/mol. The van der Waals surface area contributed by atoms with Crippen LogP contribution in [0.15, 0.2) is 41.3 Å². The van der Waals surface area contributed by atoms with Gasteiger partial charge in [0.15, 0.2) is 0 Å². The second-order valence-electron chi connectivity index (χ2n) is 8.63. The summed E-state index contributed by atoms with van der Waals surface area (Å²) in [5, 5.41) is 2.70. The summed E-state index contributed by atoms with van der Waals surface area (Å²) in [6.45, 7) is 1.05. The maximum Gasteiger partial charge on any atom is 0.243 e. The molecule has 2 saturated heterocycles. The Morgan fingerprint density at radius 1 is 0.969 bits per heavy atom. The zero-order valence-electron chi connectivity index (χ0n) is 18.0. The SMILES string of the molecule is O=C(CCN1C(=O)[C@H]2CC=CC[C@H]2C1=O)Nc1cccc(S(=O)(=O)N2CCCCCC2)c1. The molecule has 0 bridgehead atoms. The highest BCUT2D eigenvalue weighted by atomic mass is 32.2. The van der Waals surface area contributed by atoms with E-state index in [9.17, 15) is 22.8 Å². The van der Waals surface area contributed by atoms with Crippen LogP contribution in [0.5, 0.6) is 0 Å². The summed E-state index contributed by atoms with van der Waals surface area (Å²) < 4.78 is 27.5. The van der Waals surface area contributed by atoms with Crippen LogP contribution in [0.4, 0.5) is 5.69 Å². The summed E-state index contributed by atoms with van der Waals surface area (Å²) in [7, 11) is -3.62. The van der Waals surface area contributed by atoms with Gasteiger partial charge in [0, 0.05) is 31.7 Å². The van der Waals surface area contributed by atoms with Crippen LogP contribution in [0.3, 0.4) is 0 Å². The number of sulfonamides is 1. The number of imide groups is 1. The number of hydrogen-bond acceptors (Lipinski definition) is 5. The minimum atomic E-state index is -3.62. The molecule has 1 N–H and O–H groups in total. The van der Waals surface area contributed by atoms with Crippen LogP contribution in [0.25, 0.3) is 0 Å². The predicted octanol–water partition coefficient (Wildman–Crippen LogP) is 2.53. The van der Waals surface area contributed by atoms with Gasteiger partial charge in [-0.1, -0.05) is 31.1 Å². The molecular formula is C23H29N3O5S. The van der Waals surface area contributed by atoms with Crippen LogP contribution in [-0.4, -0.2) is 55.0 Å². The molecule has 1 aliphatic carbocycles. The van der Waals surface area contributed by atoms with Crippen LogP contribution in [-0.2, 0) is 24.4 Å².